The van der Waals surface area contributed by atoms with Crippen molar-refractivity contribution >= 4 is 39.3 Å². The molecule has 8 heteroatoms. The molecule has 0 atom stereocenters. The number of unbranched alkanes of at least 4 members (excludes halogenated alkanes) is 3. The van der Waals surface area contributed by atoms with Crippen molar-refractivity contribution < 1.29 is 23.4 Å². The molecule has 4 aromatic rings. The minimum absolute atomic E-state index is 0.129. The van der Waals surface area contributed by atoms with Crippen LogP contribution in [0, 0.1) is 0 Å². The Balaban J connectivity index is 1.41. The largest absolute Gasteiger partial charge is 0.493 e. The molecule has 0 bridgehead atoms. The van der Waals surface area contributed by atoms with E-state index in [0.717, 1.165) is 53.2 Å². The van der Waals surface area contributed by atoms with Gasteiger partial charge in [-0.25, -0.2) is 9.97 Å². The number of ether oxygens (including phenoxy) is 3. The van der Waals surface area contributed by atoms with Crippen LogP contribution in [0.3, 0.4) is 0 Å². The maximum Gasteiger partial charge on any atom is 0.305 e. The fourth-order valence-electron chi connectivity index (χ4n) is 3.76. The molecule has 0 aliphatic rings. The van der Waals surface area contributed by atoms with Crippen LogP contribution >= 0.6 is 0 Å². The third-order valence-electron chi connectivity index (χ3n) is 5.47. The van der Waals surface area contributed by atoms with Crippen LogP contribution in [-0.2, 0) is 9.53 Å². The molecular weight excluding hydrogens is 434 g/mol. The van der Waals surface area contributed by atoms with Crippen LogP contribution in [0.4, 0.5) is 11.5 Å². The molecule has 8 nitrogen and oxygen atoms in total. The fraction of sp³-hybridized carbons (Fsp3) is 0.346. The average molecular weight is 464 g/mol. The van der Waals surface area contributed by atoms with Crippen molar-refractivity contribution in [3.8, 4) is 11.5 Å². The van der Waals surface area contributed by atoms with Crippen LogP contribution in [0.1, 0.15) is 39.0 Å². The van der Waals surface area contributed by atoms with Gasteiger partial charge in [-0.1, -0.05) is 12.8 Å². The number of nitrogens with one attached hydrogen (secondary N) is 1. The molecule has 2 aromatic heterocycles. The first-order chi connectivity index (χ1) is 16.7. The summed E-state index contributed by atoms with van der Waals surface area (Å²) in [4.78, 5) is 20.2. The molecule has 0 aliphatic carbocycles. The van der Waals surface area contributed by atoms with Gasteiger partial charge < -0.3 is 23.9 Å². The van der Waals surface area contributed by atoms with Crippen LogP contribution < -0.4 is 14.8 Å². The molecular formula is C26H29N3O5. The van der Waals surface area contributed by atoms with Crippen LogP contribution in [0.15, 0.2) is 53.4 Å². The van der Waals surface area contributed by atoms with E-state index in [0.29, 0.717) is 37.0 Å². The fourth-order valence-corrected chi connectivity index (χ4v) is 3.76. The number of hydrogen-bond acceptors (Lipinski definition) is 8. The quantitative estimate of drug-likeness (QED) is 0.201. The second-order valence-corrected chi connectivity index (χ2v) is 7.86. The van der Waals surface area contributed by atoms with Gasteiger partial charge in [0.25, 0.3) is 0 Å². The Morgan fingerprint density at radius 3 is 2.76 bits per heavy atom. The zero-order valence-electron chi connectivity index (χ0n) is 19.5. The van der Waals surface area contributed by atoms with Crippen molar-refractivity contribution in [2.45, 2.75) is 39.0 Å². The van der Waals surface area contributed by atoms with E-state index < -0.39 is 0 Å². The second-order valence-electron chi connectivity index (χ2n) is 7.86. The summed E-state index contributed by atoms with van der Waals surface area (Å²) in [6, 6.07) is 11.6. The molecule has 0 unspecified atom stereocenters. The van der Waals surface area contributed by atoms with Crippen molar-refractivity contribution in [2.24, 2.45) is 0 Å². The average Bonchev–Trinajstić information content (AvgIpc) is 3.31. The van der Waals surface area contributed by atoms with E-state index in [4.69, 9.17) is 18.6 Å². The number of anilines is 2. The van der Waals surface area contributed by atoms with Crippen LogP contribution in [0.2, 0.25) is 0 Å². The molecule has 0 saturated heterocycles. The molecule has 0 fully saturated rings. The van der Waals surface area contributed by atoms with Crippen molar-refractivity contribution in [3.05, 3.63) is 49.0 Å². The number of carbonyl (C=O) groups is 1. The van der Waals surface area contributed by atoms with E-state index in [2.05, 4.69) is 15.3 Å². The molecule has 178 valence electrons. The number of methoxy groups -OCH3 is 1. The molecule has 1 N–H and O–H groups in total. The Morgan fingerprint density at radius 2 is 1.91 bits per heavy atom. The van der Waals surface area contributed by atoms with Gasteiger partial charge in [0, 0.05) is 28.9 Å². The van der Waals surface area contributed by atoms with Crippen molar-refractivity contribution in [1.29, 1.82) is 0 Å². The Hall–Kier alpha value is -3.81. The lowest BCUT2D eigenvalue weighted by Gasteiger charge is -2.14. The first-order valence-electron chi connectivity index (χ1n) is 11.5. The van der Waals surface area contributed by atoms with Gasteiger partial charge in [0.15, 0.2) is 11.5 Å². The molecule has 4 rings (SSSR count). The molecule has 0 spiro atoms. The number of rotatable bonds is 12. The molecule has 2 aromatic carbocycles. The van der Waals surface area contributed by atoms with Gasteiger partial charge in [0.2, 0.25) is 0 Å². The molecule has 0 radical (unpaired) electrons. The summed E-state index contributed by atoms with van der Waals surface area (Å²) in [7, 11) is 1.61. The van der Waals surface area contributed by atoms with Gasteiger partial charge in [-0.15, -0.1) is 0 Å². The Morgan fingerprint density at radius 1 is 1.03 bits per heavy atom. The van der Waals surface area contributed by atoms with Crippen molar-refractivity contribution in [1.82, 2.24) is 9.97 Å². The van der Waals surface area contributed by atoms with E-state index in [1.165, 1.54) is 6.33 Å². The number of aromatic nitrogens is 2. The maximum atomic E-state index is 11.4. The van der Waals surface area contributed by atoms with E-state index in [-0.39, 0.29) is 5.97 Å². The number of benzene rings is 2. The number of fused-ring (bicyclic) bond motifs is 2. The van der Waals surface area contributed by atoms with Crippen LogP contribution in [-0.4, -0.2) is 36.3 Å². The highest BCUT2D eigenvalue weighted by atomic mass is 16.5. The summed E-state index contributed by atoms with van der Waals surface area (Å²) in [6.07, 6.45) is 7.31. The Labute approximate surface area is 198 Å². The summed E-state index contributed by atoms with van der Waals surface area (Å²) >= 11 is 0. The Bertz CT molecular complexity index is 1250. The summed E-state index contributed by atoms with van der Waals surface area (Å²) in [5.74, 6) is 1.82. The number of esters is 1. The van der Waals surface area contributed by atoms with Crippen LogP contribution in [0.5, 0.6) is 11.5 Å². The van der Waals surface area contributed by atoms with Gasteiger partial charge in [-0.05, 0) is 50.1 Å². The SMILES string of the molecule is CCOC(=O)CCCCCCOc1cc2c(Nc3ccc4occc4c3)ncnc2cc1OC. The third kappa shape index (κ3) is 5.75. The zero-order chi connectivity index (χ0) is 23.8. The summed E-state index contributed by atoms with van der Waals surface area (Å²) < 4.78 is 21.9. The summed E-state index contributed by atoms with van der Waals surface area (Å²) in [5, 5.41) is 5.22. The number of carbonyl (C=O) groups excluding carboxylic acids is 1. The predicted octanol–water partition coefficient (Wildman–Crippen LogP) is 6.02. The highest BCUT2D eigenvalue weighted by Crippen LogP contribution is 2.35. The van der Waals surface area contributed by atoms with Gasteiger partial charge in [0.1, 0.15) is 17.7 Å². The summed E-state index contributed by atoms with van der Waals surface area (Å²) in [6.45, 7) is 2.80. The highest BCUT2D eigenvalue weighted by Gasteiger charge is 2.12. The molecule has 0 aliphatic heterocycles. The lowest BCUT2D eigenvalue weighted by Crippen LogP contribution is -2.04. The Kier molecular flexibility index (Phi) is 7.80. The zero-order valence-corrected chi connectivity index (χ0v) is 19.5. The van der Waals surface area contributed by atoms with Gasteiger partial charge >= 0.3 is 5.97 Å². The van der Waals surface area contributed by atoms with Gasteiger partial charge in [0.05, 0.1) is 32.1 Å². The molecule has 0 amide bonds. The number of hydrogen-bond donors (Lipinski definition) is 1. The first-order valence-corrected chi connectivity index (χ1v) is 11.5. The highest BCUT2D eigenvalue weighted by molar-refractivity contribution is 5.93. The predicted molar refractivity (Wildman–Crippen MR) is 131 cm³/mol. The lowest BCUT2D eigenvalue weighted by atomic mass is 10.1. The van der Waals surface area contributed by atoms with E-state index >= 15 is 0 Å². The molecule has 0 saturated carbocycles. The third-order valence-corrected chi connectivity index (χ3v) is 5.47. The first kappa shape index (κ1) is 23.4. The monoisotopic (exact) mass is 463 g/mol. The van der Waals surface area contributed by atoms with Crippen molar-refractivity contribution in [2.75, 3.05) is 25.6 Å². The van der Waals surface area contributed by atoms with E-state index in [9.17, 15) is 4.79 Å². The van der Waals surface area contributed by atoms with E-state index in [1.807, 2.05) is 43.3 Å². The topological polar surface area (TPSA) is 95.7 Å². The molecule has 34 heavy (non-hydrogen) atoms. The van der Waals surface area contributed by atoms with Gasteiger partial charge in [-0.2, -0.15) is 0 Å². The number of nitrogens with zero attached hydrogens (tertiary/aromatic N) is 2. The van der Waals surface area contributed by atoms with Gasteiger partial charge in [-0.3, -0.25) is 4.79 Å². The minimum atomic E-state index is -0.129. The van der Waals surface area contributed by atoms with Crippen molar-refractivity contribution in [3.63, 3.8) is 0 Å². The minimum Gasteiger partial charge on any atom is -0.493 e. The van der Waals surface area contributed by atoms with E-state index in [1.54, 1.807) is 13.4 Å². The summed E-state index contributed by atoms with van der Waals surface area (Å²) in [5.41, 5.74) is 2.49. The van der Waals surface area contributed by atoms with Crippen LogP contribution in [0.25, 0.3) is 21.9 Å². The standard InChI is InChI=1S/C26H29N3O5/c1-3-32-25(30)8-6-4-5-7-12-33-24-15-20-21(16-23(24)31-2)27-17-28-26(20)29-19-9-10-22-18(14-19)11-13-34-22/h9-11,13-17H,3-8,12H2,1-2H3,(H,27,28,29). The molecule has 2 heterocycles. The maximum absolute atomic E-state index is 11.4. The number of furan rings is 1. The lowest BCUT2D eigenvalue weighted by molar-refractivity contribution is -0.143. The second kappa shape index (κ2) is 11.4. The normalized spacial score (nSPS) is 11.0. The smallest absolute Gasteiger partial charge is 0.305 e.